The number of aromatic nitrogens is 2. The predicted octanol–water partition coefficient (Wildman–Crippen LogP) is 4.24. The molecule has 0 aliphatic heterocycles. The highest BCUT2D eigenvalue weighted by Crippen LogP contribution is 2.38. The number of thiophene rings is 1. The Kier molecular flexibility index (Phi) is 6.54. The number of carbonyl (C=O) groups is 1. The Hall–Kier alpha value is -2.82. The van der Waals surface area contributed by atoms with E-state index in [2.05, 4.69) is 15.3 Å². The summed E-state index contributed by atoms with van der Waals surface area (Å²) in [5, 5.41) is 3.93. The fraction of sp³-hybridized carbons (Fsp3) is 0.409. The molecule has 1 saturated carbocycles. The van der Waals surface area contributed by atoms with Gasteiger partial charge in [0.05, 0.1) is 30.4 Å². The number of carbonyl (C=O) groups excluding carboxylic acids is 1. The zero-order valence-electron chi connectivity index (χ0n) is 18.2. The van der Waals surface area contributed by atoms with Crippen molar-refractivity contribution in [2.75, 3.05) is 26.6 Å². The van der Waals surface area contributed by atoms with Crippen LogP contribution < -0.4 is 10.1 Å². The van der Waals surface area contributed by atoms with Crippen molar-refractivity contribution in [3.63, 3.8) is 0 Å². The van der Waals surface area contributed by atoms with Crippen molar-refractivity contribution in [2.24, 2.45) is 0 Å². The fourth-order valence-electron chi connectivity index (χ4n) is 3.97. The van der Waals surface area contributed by atoms with Crippen LogP contribution in [0.15, 0.2) is 24.5 Å². The van der Waals surface area contributed by atoms with E-state index in [0.717, 1.165) is 0 Å². The van der Waals surface area contributed by atoms with Gasteiger partial charge in [-0.1, -0.05) is 0 Å². The van der Waals surface area contributed by atoms with Crippen LogP contribution in [0.1, 0.15) is 28.1 Å². The van der Waals surface area contributed by atoms with Gasteiger partial charge in [-0.3, -0.25) is 0 Å². The normalized spacial score (nSPS) is 20.5. The minimum atomic E-state index is -0.427. The van der Waals surface area contributed by atoms with E-state index in [1.54, 1.807) is 20.3 Å². The standard InChI is InChI=1S/C22H24FN3O5S/c1-11-18-20(24-10-25-21(18)32-19(11)22(27)30-4)26-14-6-5-12(23)7-15(14)31-13-8-16(28-2)17(9-13)29-3/h5-7,10,13,16-17H,8-9H2,1-4H3,(H,24,25,26)/t13-,16+,17-. The van der Waals surface area contributed by atoms with E-state index in [-0.39, 0.29) is 18.3 Å². The number of hydrogen-bond donors (Lipinski definition) is 1. The molecule has 1 aliphatic carbocycles. The first-order valence-electron chi connectivity index (χ1n) is 10.1. The smallest absolute Gasteiger partial charge is 0.348 e. The molecule has 2 heterocycles. The van der Waals surface area contributed by atoms with Gasteiger partial charge in [0, 0.05) is 33.1 Å². The summed E-state index contributed by atoms with van der Waals surface area (Å²) in [7, 11) is 4.62. The summed E-state index contributed by atoms with van der Waals surface area (Å²) in [5.74, 6) is 0.00676. The van der Waals surface area contributed by atoms with E-state index in [1.807, 2.05) is 6.92 Å². The van der Waals surface area contributed by atoms with Crippen molar-refractivity contribution in [3.8, 4) is 5.75 Å². The van der Waals surface area contributed by atoms with Gasteiger partial charge in [-0.25, -0.2) is 19.2 Å². The number of nitrogens with one attached hydrogen (secondary N) is 1. The number of nitrogens with zero attached hydrogens (tertiary/aromatic N) is 2. The molecule has 8 nitrogen and oxygen atoms in total. The van der Waals surface area contributed by atoms with E-state index in [4.69, 9.17) is 18.9 Å². The van der Waals surface area contributed by atoms with E-state index >= 15 is 0 Å². The molecule has 0 radical (unpaired) electrons. The lowest BCUT2D eigenvalue weighted by molar-refractivity contribution is -0.0157. The van der Waals surface area contributed by atoms with E-state index in [0.29, 0.717) is 50.8 Å². The Morgan fingerprint density at radius 2 is 1.88 bits per heavy atom. The summed E-state index contributed by atoms with van der Waals surface area (Å²) in [5.41, 5.74) is 1.26. The first kappa shape index (κ1) is 22.4. The first-order valence-corrected chi connectivity index (χ1v) is 10.9. The maximum atomic E-state index is 14.1. The van der Waals surface area contributed by atoms with Crippen molar-refractivity contribution < 1.29 is 28.1 Å². The quantitative estimate of drug-likeness (QED) is 0.523. The lowest BCUT2D eigenvalue weighted by Gasteiger charge is -2.18. The van der Waals surface area contributed by atoms with Gasteiger partial charge in [0.2, 0.25) is 0 Å². The van der Waals surface area contributed by atoms with Crippen LogP contribution in [0.2, 0.25) is 0 Å². The lowest BCUT2D eigenvalue weighted by atomic mass is 10.2. The Morgan fingerprint density at radius 3 is 2.53 bits per heavy atom. The number of anilines is 2. The number of ether oxygens (including phenoxy) is 4. The minimum Gasteiger partial charge on any atom is -0.488 e. The summed E-state index contributed by atoms with van der Waals surface area (Å²) in [4.78, 5) is 21.8. The van der Waals surface area contributed by atoms with E-state index < -0.39 is 11.8 Å². The van der Waals surface area contributed by atoms with Crippen molar-refractivity contribution in [1.29, 1.82) is 0 Å². The molecule has 32 heavy (non-hydrogen) atoms. The lowest BCUT2D eigenvalue weighted by Crippen LogP contribution is -2.23. The third kappa shape index (κ3) is 4.25. The van der Waals surface area contributed by atoms with Crippen molar-refractivity contribution in [1.82, 2.24) is 9.97 Å². The molecule has 1 fully saturated rings. The molecule has 1 aromatic carbocycles. The Morgan fingerprint density at radius 1 is 1.16 bits per heavy atom. The molecule has 0 spiro atoms. The molecule has 2 aromatic heterocycles. The molecule has 0 bridgehead atoms. The Labute approximate surface area is 188 Å². The topological polar surface area (TPSA) is 91.8 Å². The van der Waals surface area contributed by atoms with Gasteiger partial charge in [0.1, 0.15) is 39.5 Å². The van der Waals surface area contributed by atoms with Crippen molar-refractivity contribution in [3.05, 3.63) is 40.8 Å². The van der Waals surface area contributed by atoms with Crippen LogP contribution in [0.25, 0.3) is 10.2 Å². The molecule has 4 rings (SSSR count). The summed E-state index contributed by atoms with van der Waals surface area (Å²) < 4.78 is 36.0. The predicted molar refractivity (Wildman–Crippen MR) is 118 cm³/mol. The number of fused-ring (bicyclic) bond motifs is 1. The Bertz CT molecular complexity index is 1130. The highest BCUT2D eigenvalue weighted by atomic mass is 32.1. The monoisotopic (exact) mass is 461 g/mol. The third-order valence-corrected chi connectivity index (χ3v) is 6.78. The SMILES string of the molecule is COC(=O)c1sc2ncnc(Nc3ccc(F)cc3O[C@@H]3C[C@H](OC)[C@H](OC)C3)c2c1C. The van der Waals surface area contributed by atoms with Crippen molar-refractivity contribution in [2.45, 2.75) is 38.1 Å². The number of halogens is 1. The van der Waals surface area contributed by atoms with Gasteiger partial charge >= 0.3 is 5.97 Å². The minimum absolute atomic E-state index is 0.0818. The number of aryl methyl sites for hydroxylation is 1. The number of benzene rings is 1. The second-order valence-corrected chi connectivity index (χ2v) is 8.47. The Balaban J connectivity index is 1.65. The molecule has 170 valence electrons. The van der Waals surface area contributed by atoms with Gasteiger partial charge in [-0.15, -0.1) is 11.3 Å². The van der Waals surface area contributed by atoms with Crippen LogP contribution in [0.4, 0.5) is 15.9 Å². The number of hydrogen-bond acceptors (Lipinski definition) is 9. The molecule has 0 saturated heterocycles. The van der Waals surface area contributed by atoms with Crippen LogP contribution in [0.5, 0.6) is 5.75 Å². The van der Waals surface area contributed by atoms with Crippen molar-refractivity contribution >= 4 is 39.0 Å². The van der Waals surface area contributed by atoms with Gasteiger partial charge in [-0.2, -0.15) is 0 Å². The molecule has 1 aliphatic rings. The summed E-state index contributed by atoms with van der Waals surface area (Å²) in [6, 6.07) is 4.28. The highest BCUT2D eigenvalue weighted by molar-refractivity contribution is 7.20. The zero-order chi connectivity index (χ0) is 22.8. The van der Waals surface area contributed by atoms with Gasteiger partial charge in [-0.05, 0) is 24.6 Å². The van der Waals surface area contributed by atoms with Crippen LogP contribution in [0, 0.1) is 12.7 Å². The fourth-order valence-corrected chi connectivity index (χ4v) is 5.03. The van der Waals surface area contributed by atoms with Crippen LogP contribution in [-0.4, -0.2) is 55.6 Å². The second kappa shape index (κ2) is 9.35. The molecule has 0 amide bonds. The van der Waals surface area contributed by atoms with Crippen LogP contribution in [0.3, 0.4) is 0 Å². The summed E-state index contributed by atoms with van der Waals surface area (Å²) in [6.45, 7) is 1.82. The maximum Gasteiger partial charge on any atom is 0.348 e. The molecule has 1 N–H and O–H groups in total. The largest absolute Gasteiger partial charge is 0.488 e. The molecular formula is C22H24FN3O5S. The van der Waals surface area contributed by atoms with Gasteiger partial charge in [0.25, 0.3) is 0 Å². The van der Waals surface area contributed by atoms with E-state index in [9.17, 15) is 9.18 Å². The van der Waals surface area contributed by atoms with Gasteiger partial charge in [0.15, 0.2) is 0 Å². The average molecular weight is 462 g/mol. The van der Waals surface area contributed by atoms with Crippen LogP contribution >= 0.6 is 11.3 Å². The van der Waals surface area contributed by atoms with Crippen LogP contribution in [-0.2, 0) is 14.2 Å². The second-order valence-electron chi connectivity index (χ2n) is 7.48. The average Bonchev–Trinajstić information content (AvgIpc) is 3.35. The number of esters is 1. The summed E-state index contributed by atoms with van der Waals surface area (Å²) in [6.07, 6.45) is 2.33. The summed E-state index contributed by atoms with van der Waals surface area (Å²) >= 11 is 1.23. The molecule has 3 aromatic rings. The highest BCUT2D eigenvalue weighted by Gasteiger charge is 2.36. The van der Waals surface area contributed by atoms with E-state index in [1.165, 1.54) is 36.9 Å². The molecule has 0 unspecified atom stereocenters. The molecule has 3 atom stereocenters. The molecule has 10 heteroatoms. The van der Waals surface area contributed by atoms with Gasteiger partial charge < -0.3 is 24.3 Å². The zero-order valence-corrected chi connectivity index (χ0v) is 19.0. The maximum absolute atomic E-state index is 14.1. The first-order chi connectivity index (χ1) is 15.4. The number of rotatable bonds is 7. The third-order valence-electron chi connectivity index (χ3n) is 5.60. The number of methoxy groups -OCH3 is 3. The molecular weight excluding hydrogens is 437 g/mol.